The molecule has 6 nitrogen and oxygen atoms in total. The van der Waals surface area contributed by atoms with Crippen molar-refractivity contribution in [1.29, 1.82) is 0 Å². The van der Waals surface area contributed by atoms with E-state index in [0.29, 0.717) is 18.9 Å². The Morgan fingerprint density at radius 2 is 1.96 bits per heavy atom. The first-order valence-corrected chi connectivity index (χ1v) is 8.79. The van der Waals surface area contributed by atoms with Crippen LogP contribution in [-0.2, 0) is 5.54 Å². The molecule has 3 heterocycles. The number of piperidine rings is 1. The van der Waals surface area contributed by atoms with Crippen molar-refractivity contribution in [2.24, 2.45) is 0 Å². The maximum atomic E-state index is 12.7. The van der Waals surface area contributed by atoms with E-state index in [9.17, 15) is 9.59 Å². The lowest BCUT2D eigenvalue weighted by molar-refractivity contribution is 0.0712. The Hall–Kier alpha value is -2.37. The summed E-state index contributed by atoms with van der Waals surface area (Å²) in [5.41, 5.74) is 1.44. The zero-order valence-corrected chi connectivity index (χ0v) is 15.4. The first-order valence-electron chi connectivity index (χ1n) is 8.79. The van der Waals surface area contributed by atoms with Crippen molar-refractivity contribution in [3.05, 3.63) is 52.0 Å². The number of aromatic amines is 1. The van der Waals surface area contributed by atoms with Gasteiger partial charge in [0.2, 0.25) is 0 Å². The summed E-state index contributed by atoms with van der Waals surface area (Å²) < 4.78 is 2.07. The summed E-state index contributed by atoms with van der Waals surface area (Å²) >= 11 is 0. The third kappa shape index (κ3) is 3.83. The summed E-state index contributed by atoms with van der Waals surface area (Å²) in [6.45, 7) is 9.52. The Bertz CT molecular complexity index is 820. The maximum absolute atomic E-state index is 12.7. The quantitative estimate of drug-likeness (QED) is 0.912. The van der Waals surface area contributed by atoms with E-state index >= 15 is 0 Å². The summed E-state index contributed by atoms with van der Waals surface area (Å²) in [5, 5.41) is 0. The minimum atomic E-state index is -0.107. The van der Waals surface area contributed by atoms with Crippen LogP contribution >= 0.6 is 0 Å². The number of H-pyrrole nitrogens is 1. The molecule has 3 rings (SSSR count). The average molecular weight is 342 g/mol. The van der Waals surface area contributed by atoms with Crippen LogP contribution in [0, 0.1) is 6.92 Å². The number of carbonyl (C=O) groups is 1. The monoisotopic (exact) mass is 342 g/mol. The zero-order chi connectivity index (χ0) is 18.2. The van der Waals surface area contributed by atoms with E-state index in [-0.39, 0.29) is 22.9 Å². The van der Waals surface area contributed by atoms with Crippen LogP contribution in [0.25, 0.3) is 0 Å². The first kappa shape index (κ1) is 17.5. The molecule has 0 aromatic carbocycles. The number of amides is 1. The van der Waals surface area contributed by atoms with Crippen LogP contribution in [0.5, 0.6) is 0 Å². The molecule has 0 saturated carbocycles. The first-order chi connectivity index (χ1) is 11.7. The fraction of sp³-hybridized carbons (Fsp3) is 0.526. The van der Waals surface area contributed by atoms with Crippen molar-refractivity contribution in [2.45, 2.75) is 52.0 Å². The largest absolute Gasteiger partial charge is 0.348 e. The standard InChI is InChI=1S/C19H26N4O2/c1-13-20-16(11-17(24)21-13)14-5-8-22(9-6-14)18(25)15-7-10-23(12-15)19(2,3)4/h7,10-12,14H,5-6,8-9H2,1-4H3,(H,20,21,24). The van der Waals surface area contributed by atoms with Crippen LogP contribution in [0.2, 0.25) is 0 Å². The van der Waals surface area contributed by atoms with Gasteiger partial charge in [0.1, 0.15) is 5.82 Å². The molecule has 1 amide bonds. The van der Waals surface area contributed by atoms with E-state index < -0.39 is 0 Å². The van der Waals surface area contributed by atoms with Crippen LogP contribution in [0.1, 0.15) is 61.4 Å². The number of likely N-dealkylation sites (tertiary alicyclic amines) is 1. The van der Waals surface area contributed by atoms with E-state index in [2.05, 4.69) is 35.3 Å². The number of hydrogen-bond acceptors (Lipinski definition) is 3. The molecular formula is C19H26N4O2. The number of nitrogens with one attached hydrogen (secondary N) is 1. The number of nitrogens with zero attached hydrogens (tertiary/aromatic N) is 3. The van der Waals surface area contributed by atoms with Crippen molar-refractivity contribution in [3.8, 4) is 0 Å². The van der Waals surface area contributed by atoms with Gasteiger partial charge in [-0.25, -0.2) is 4.98 Å². The van der Waals surface area contributed by atoms with E-state index in [1.807, 2.05) is 23.4 Å². The van der Waals surface area contributed by atoms with E-state index in [1.165, 1.54) is 0 Å². The van der Waals surface area contributed by atoms with Gasteiger partial charge in [-0.15, -0.1) is 0 Å². The van der Waals surface area contributed by atoms with Crippen molar-refractivity contribution < 1.29 is 4.79 Å². The molecular weight excluding hydrogens is 316 g/mol. The van der Waals surface area contributed by atoms with Crippen molar-refractivity contribution in [1.82, 2.24) is 19.4 Å². The lowest BCUT2D eigenvalue weighted by atomic mass is 9.93. The lowest BCUT2D eigenvalue weighted by Gasteiger charge is -2.31. The fourth-order valence-corrected chi connectivity index (χ4v) is 3.31. The average Bonchev–Trinajstić information content (AvgIpc) is 3.03. The second kappa shape index (κ2) is 6.50. The van der Waals surface area contributed by atoms with Crippen molar-refractivity contribution >= 4 is 5.91 Å². The van der Waals surface area contributed by atoms with Gasteiger partial charge in [0.15, 0.2) is 0 Å². The molecule has 1 aliphatic rings. The van der Waals surface area contributed by atoms with E-state index in [4.69, 9.17) is 0 Å². The van der Waals surface area contributed by atoms with Gasteiger partial charge in [0.25, 0.3) is 11.5 Å². The van der Waals surface area contributed by atoms with Gasteiger partial charge >= 0.3 is 0 Å². The molecule has 1 N–H and O–H groups in total. The Kier molecular flexibility index (Phi) is 4.54. The Balaban J connectivity index is 1.66. The molecule has 1 saturated heterocycles. The van der Waals surface area contributed by atoms with Crippen LogP contribution < -0.4 is 5.56 Å². The van der Waals surface area contributed by atoms with Crippen LogP contribution in [-0.4, -0.2) is 38.4 Å². The molecule has 2 aromatic heterocycles. The number of carbonyl (C=O) groups excluding carboxylic acids is 1. The summed E-state index contributed by atoms with van der Waals surface area (Å²) in [5.74, 6) is 0.963. The highest BCUT2D eigenvalue weighted by atomic mass is 16.2. The fourth-order valence-electron chi connectivity index (χ4n) is 3.31. The van der Waals surface area contributed by atoms with Gasteiger partial charge in [0.05, 0.1) is 11.3 Å². The molecule has 134 valence electrons. The third-order valence-corrected chi connectivity index (χ3v) is 4.79. The zero-order valence-electron chi connectivity index (χ0n) is 15.4. The Morgan fingerprint density at radius 1 is 1.28 bits per heavy atom. The molecule has 1 aliphatic heterocycles. The third-order valence-electron chi connectivity index (χ3n) is 4.79. The molecule has 0 aliphatic carbocycles. The smallest absolute Gasteiger partial charge is 0.255 e. The van der Waals surface area contributed by atoms with Gasteiger partial charge in [-0.2, -0.15) is 0 Å². The lowest BCUT2D eigenvalue weighted by Crippen LogP contribution is -2.38. The molecule has 0 bridgehead atoms. The minimum Gasteiger partial charge on any atom is -0.348 e. The highest BCUT2D eigenvalue weighted by molar-refractivity contribution is 5.94. The van der Waals surface area contributed by atoms with Crippen LogP contribution in [0.15, 0.2) is 29.3 Å². The molecule has 0 spiro atoms. The van der Waals surface area contributed by atoms with Gasteiger partial charge in [0, 0.05) is 43.0 Å². The molecule has 6 heteroatoms. The number of aromatic nitrogens is 3. The maximum Gasteiger partial charge on any atom is 0.255 e. The van der Waals surface area contributed by atoms with Gasteiger partial charge < -0.3 is 14.5 Å². The topological polar surface area (TPSA) is 71.0 Å². The predicted molar refractivity (Wildman–Crippen MR) is 96.9 cm³/mol. The molecule has 0 unspecified atom stereocenters. The van der Waals surface area contributed by atoms with Crippen LogP contribution in [0.4, 0.5) is 0 Å². The van der Waals surface area contributed by atoms with E-state index in [1.54, 1.807) is 13.0 Å². The summed E-state index contributed by atoms with van der Waals surface area (Å²) in [4.78, 5) is 33.4. The summed E-state index contributed by atoms with van der Waals surface area (Å²) in [6, 6.07) is 3.47. The molecule has 1 fully saturated rings. The highest BCUT2D eigenvalue weighted by Gasteiger charge is 2.26. The van der Waals surface area contributed by atoms with Crippen molar-refractivity contribution in [3.63, 3.8) is 0 Å². The van der Waals surface area contributed by atoms with Gasteiger partial charge in [-0.1, -0.05) is 0 Å². The molecule has 0 radical (unpaired) electrons. The SMILES string of the molecule is Cc1nc(C2CCN(C(=O)c3ccn(C(C)(C)C)c3)CC2)cc(=O)[nH]1. The summed E-state index contributed by atoms with van der Waals surface area (Å²) in [6.07, 6.45) is 5.56. The molecule has 25 heavy (non-hydrogen) atoms. The van der Waals surface area contributed by atoms with Gasteiger partial charge in [-0.3, -0.25) is 9.59 Å². The second-order valence-corrected chi connectivity index (χ2v) is 7.80. The predicted octanol–water partition coefficient (Wildman–Crippen LogP) is 2.65. The van der Waals surface area contributed by atoms with Crippen LogP contribution in [0.3, 0.4) is 0 Å². The van der Waals surface area contributed by atoms with E-state index in [0.717, 1.165) is 24.1 Å². The second-order valence-electron chi connectivity index (χ2n) is 7.80. The normalized spacial score (nSPS) is 16.2. The van der Waals surface area contributed by atoms with Gasteiger partial charge in [-0.05, 0) is 46.6 Å². The minimum absolute atomic E-state index is 0.0323. The Labute approximate surface area is 147 Å². The molecule has 0 atom stereocenters. The number of hydrogen-bond donors (Lipinski definition) is 1. The highest BCUT2D eigenvalue weighted by Crippen LogP contribution is 2.27. The van der Waals surface area contributed by atoms with Crippen molar-refractivity contribution in [2.75, 3.05) is 13.1 Å². The summed E-state index contributed by atoms with van der Waals surface area (Å²) in [7, 11) is 0. The number of rotatable bonds is 2. The number of aryl methyl sites for hydroxylation is 1. The molecule has 2 aromatic rings. The Morgan fingerprint density at radius 3 is 2.52 bits per heavy atom.